The van der Waals surface area contributed by atoms with E-state index < -0.39 is 12.0 Å². The molecule has 0 aromatic carbocycles. The number of hydrogen-bond donors (Lipinski definition) is 2. The van der Waals surface area contributed by atoms with Gasteiger partial charge in [-0.1, -0.05) is 0 Å². The number of hydrogen-bond acceptors (Lipinski definition) is 4. The van der Waals surface area contributed by atoms with E-state index in [0.29, 0.717) is 0 Å². The zero-order chi connectivity index (χ0) is 7.98. The highest BCUT2D eigenvalue weighted by atomic mass is 16.5. The molecule has 0 aromatic heterocycles. The van der Waals surface area contributed by atoms with Crippen LogP contribution in [0.5, 0.6) is 0 Å². The van der Waals surface area contributed by atoms with E-state index in [-0.39, 0.29) is 6.54 Å². The van der Waals surface area contributed by atoms with Crippen molar-refractivity contribution < 1.29 is 9.53 Å². The first-order valence-corrected chi connectivity index (χ1v) is 2.68. The normalized spacial score (nSPS) is 11.7. The van der Waals surface area contributed by atoms with Crippen LogP contribution < -0.4 is 11.1 Å². The fourth-order valence-electron chi connectivity index (χ4n) is 0.446. The second-order valence-corrected chi connectivity index (χ2v) is 1.56. The SMILES string of the molecule is COC(CN)C(=O)NC#N. The van der Waals surface area contributed by atoms with Crippen LogP contribution in [0.15, 0.2) is 0 Å². The van der Waals surface area contributed by atoms with Crippen molar-refractivity contribution in [1.29, 1.82) is 5.26 Å². The number of methoxy groups -OCH3 is 1. The Labute approximate surface area is 58.8 Å². The molecule has 0 heterocycles. The number of amides is 1. The summed E-state index contributed by atoms with van der Waals surface area (Å²) in [6.07, 6.45) is 0.759. The van der Waals surface area contributed by atoms with Crippen LogP contribution in [-0.2, 0) is 9.53 Å². The Morgan fingerprint density at radius 1 is 2.00 bits per heavy atom. The molecule has 3 N–H and O–H groups in total. The Balaban J connectivity index is 3.79. The summed E-state index contributed by atoms with van der Waals surface area (Å²) in [5.74, 6) is -0.507. The van der Waals surface area contributed by atoms with E-state index in [0.717, 1.165) is 0 Å². The summed E-state index contributed by atoms with van der Waals surface area (Å²) < 4.78 is 4.63. The van der Waals surface area contributed by atoms with Crippen molar-refractivity contribution in [3.05, 3.63) is 0 Å². The Morgan fingerprint density at radius 3 is 2.90 bits per heavy atom. The Bertz CT molecular complexity index is 147. The van der Waals surface area contributed by atoms with Gasteiger partial charge in [-0.05, 0) is 0 Å². The molecule has 0 aliphatic rings. The predicted octanol–water partition coefficient (Wildman–Crippen LogP) is -1.44. The summed E-state index contributed by atoms with van der Waals surface area (Å²) >= 11 is 0. The monoisotopic (exact) mass is 143 g/mol. The van der Waals surface area contributed by atoms with Gasteiger partial charge in [0.2, 0.25) is 0 Å². The summed E-state index contributed by atoms with van der Waals surface area (Å²) in [6.45, 7) is 0.0734. The number of nitriles is 1. The predicted molar refractivity (Wildman–Crippen MR) is 33.6 cm³/mol. The molecule has 10 heavy (non-hydrogen) atoms. The molecule has 0 saturated carbocycles. The Kier molecular flexibility index (Phi) is 4.20. The minimum Gasteiger partial charge on any atom is -0.370 e. The van der Waals surface area contributed by atoms with Crippen molar-refractivity contribution >= 4 is 5.91 Å². The largest absolute Gasteiger partial charge is 0.370 e. The molecule has 0 aromatic rings. The van der Waals surface area contributed by atoms with Gasteiger partial charge in [-0.25, -0.2) is 0 Å². The van der Waals surface area contributed by atoms with Gasteiger partial charge in [0, 0.05) is 13.7 Å². The van der Waals surface area contributed by atoms with Gasteiger partial charge in [-0.15, -0.1) is 0 Å². The average molecular weight is 143 g/mol. The highest BCUT2D eigenvalue weighted by Crippen LogP contribution is 1.84. The second-order valence-electron chi connectivity index (χ2n) is 1.56. The average Bonchev–Trinajstić information content (AvgIpc) is 1.91. The molecule has 5 heteroatoms. The van der Waals surface area contributed by atoms with Crippen LogP contribution in [0.4, 0.5) is 0 Å². The number of carbonyl (C=O) groups excluding carboxylic acids is 1. The fourth-order valence-corrected chi connectivity index (χ4v) is 0.446. The highest BCUT2D eigenvalue weighted by Gasteiger charge is 2.13. The third-order valence-electron chi connectivity index (χ3n) is 0.970. The first-order chi connectivity index (χ1) is 4.76. The maximum Gasteiger partial charge on any atom is 0.263 e. The molecule has 0 aliphatic heterocycles. The summed E-state index contributed by atoms with van der Waals surface area (Å²) in [7, 11) is 1.36. The first-order valence-electron chi connectivity index (χ1n) is 2.68. The highest BCUT2D eigenvalue weighted by molar-refractivity contribution is 5.82. The van der Waals surface area contributed by atoms with Gasteiger partial charge in [-0.2, -0.15) is 5.26 Å². The van der Waals surface area contributed by atoms with E-state index in [9.17, 15) is 4.79 Å². The lowest BCUT2D eigenvalue weighted by Crippen LogP contribution is -2.38. The van der Waals surface area contributed by atoms with Gasteiger partial charge in [0.05, 0.1) is 0 Å². The molecule has 0 rings (SSSR count). The number of nitrogens with two attached hydrogens (primary N) is 1. The molecular weight excluding hydrogens is 134 g/mol. The molecule has 1 atom stereocenters. The lowest BCUT2D eigenvalue weighted by Gasteiger charge is -2.08. The van der Waals surface area contributed by atoms with Crippen molar-refractivity contribution in [3.63, 3.8) is 0 Å². The standard InChI is InChI=1S/C5H9N3O2/c1-10-4(2-6)5(9)8-3-7/h4H,2,6H2,1H3,(H,8,9). The maximum atomic E-state index is 10.7. The van der Waals surface area contributed by atoms with Gasteiger partial charge in [-0.3, -0.25) is 10.1 Å². The molecule has 0 spiro atoms. The minimum atomic E-state index is -0.723. The smallest absolute Gasteiger partial charge is 0.263 e. The van der Waals surface area contributed by atoms with Crippen LogP contribution in [0, 0.1) is 11.5 Å². The molecule has 56 valence electrons. The Hall–Kier alpha value is -1.12. The quantitative estimate of drug-likeness (QED) is 0.374. The van der Waals surface area contributed by atoms with Crippen molar-refractivity contribution in [2.24, 2.45) is 5.73 Å². The summed E-state index contributed by atoms with van der Waals surface area (Å²) in [5.41, 5.74) is 5.12. The van der Waals surface area contributed by atoms with Crippen LogP contribution in [0.3, 0.4) is 0 Å². The van der Waals surface area contributed by atoms with E-state index >= 15 is 0 Å². The molecule has 0 aliphatic carbocycles. The van der Waals surface area contributed by atoms with Gasteiger partial charge in [0.15, 0.2) is 6.19 Å². The lowest BCUT2D eigenvalue weighted by molar-refractivity contribution is -0.129. The van der Waals surface area contributed by atoms with Gasteiger partial charge in [0.25, 0.3) is 5.91 Å². The van der Waals surface area contributed by atoms with E-state index in [1.807, 2.05) is 5.32 Å². The van der Waals surface area contributed by atoms with E-state index in [4.69, 9.17) is 11.0 Å². The van der Waals surface area contributed by atoms with Crippen LogP contribution in [0.2, 0.25) is 0 Å². The minimum absolute atomic E-state index is 0.0734. The summed E-state index contributed by atoms with van der Waals surface area (Å²) in [6, 6.07) is 0. The van der Waals surface area contributed by atoms with Gasteiger partial charge >= 0.3 is 0 Å². The van der Waals surface area contributed by atoms with Gasteiger partial charge < -0.3 is 10.5 Å². The van der Waals surface area contributed by atoms with Gasteiger partial charge in [0.1, 0.15) is 6.10 Å². The van der Waals surface area contributed by atoms with E-state index in [1.54, 1.807) is 0 Å². The van der Waals surface area contributed by atoms with E-state index in [1.165, 1.54) is 13.3 Å². The van der Waals surface area contributed by atoms with E-state index in [2.05, 4.69) is 4.74 Å². The zero-order valence-electron chi connectivity index (χ0n) is 5.63. The number of nitrogens with zero attached hydrogens (tertiary/aromatic N) is 1. The molecule has 1 amide bonds. The van der Waals surface area contributed by atoms with Crippen LogP contribution in [-0.4, -0.2) is 25.7 Å². The molecule has 0 fully saturated rings. The molecular formula is C5H9N3O2. The second kappa shape index (κ2) is 4.73. The first kappa shape index (κ1) is 8.88. The molecule has 5 nitrogen and oxygen atoms in total. The van der Waals surface area contributed by atoms with Crippen LogP contribution >= 0.6 is 0 Å². The number of carbonyl (C=O) groups is 1. The topological polar surface area (TPSA) is 88.1 Å². The third kappa shape index (κ3) is 2.44. The van der Waals surface area contributed by atoms with Crippen LogP contribution in [0.1, 0.15) is 0 Å². The number of nitrogens with one attached hydrogen (secondary N) is 1. The van der Waals surface area contributed by atoms with Crippen molar-refractivity contribution in [2.45, 2.75) is 6.10 Å². The maximum absolute atomic E-state index is 10.7. The summed E-state index contributed by atoms with van der Waals surface area (Å²) in [4.78, 5) is 10.7. The Morgan fingerprint density at radius 2 is 2.60 bits per heavy atom. The molecule has 1 unspecified atom stereocenters. The van der Waals surface area contributed by atoms with Crippen molar-refractivity contribution in [1.82, 2.24) is 5.32 Å². The van der Waals surface area contributed by atoms with Crippen molar-refractivity contribution in [2.75, 3.05) is 13.7 Å². The lowest BCUT2D eigenvalue weighted by atomic mass is 10.3. The summed E-state index contributed by atoms with van der Waals surface area (Å²) in [5, 5.41) is 9.91. The number of ether oxygens (including phenoxy) is 1. The van der Waals surface area contributed by atoms with Crippen LogP contribution in [0.25, 0.3) is 0 Å². The third-order valence-corrected chi connectivity index (χ3v) is 0.970. The molecule has 0 bridgehead atoms. The molecule has 0 radical (unpaired) electrons. The molecule has 0 saturated heterocycles. The fraction of sp³-hybridized carbons (Fsp3) is 0.600. The number of rotatable bonds is 3. The van der Waals surface area contributed by atoms with Crippen molar-refractivity contribution in [3.8, 4) is 6.19 Å². The zero-order valence-corrected chi connectivity index (χ0v) is 5.63.